The largest absolute Gasteiger partial charge is 0.321 e. The van der Waals surface area contributed by atoms with Crippen molar-refractivity contribution in [2.75, 3.05) is 0 Å². The molecule has 1 atom stereocenters. The van der Waals surface area contributed by atoms with Crippen molar-refractivity contribution in [1.29, 1.82) is 0 Å². The number of hydrogen-bond donors (Lipinski definition) is 1. The van der Waals surface area contributed by atoms with Crippen molar-refractivity contribution in [3.63, 3.8) is 0 Å². The van der Waals surface area contributed by atoms with Crippen LogP contribution < -0.4 is 5.73 Å². The van der Waals surface area contributed by atoms with Crippen LogP contribution in [0.1, 0.15) is 35.5 Å². The van der Waals surface area contributed by atoms with Gasteiger partial charge >= 0.3 is 0 Å². The molecule has 0 saturated carbocycles. The Morgan fingerprint density at radius 3 is 2.65 bits per heavy atom. The van der Waals surface area contributed by atoms with E-state index in [1.54, 1.807) is 6.33 Å². The zero-order valence-corrected chi connectivity index (χ0v) is 10.5. The summed E-state index contributed by atoms with van der Waals surface area (Å²) < 4.78 is 1.82. The molecule has 0 spiro atoms. The predicted octanol–water partition coefficient (Wildman–Crippen LogP) is 1.96. The molecule has 1 heterocycles. The summed E-state index contributed by atoms with van der Waals surface area (Å²) in [6, 6.07) is 6.32. The Bertz CT molecular complexity index is 514. The summed E-state index contributed by atoms with van der Waals surface area (Å²) in [5.41, 5.74) is 9.57. The van der Waals surface area contributed by atoms with Gasteiger partial charge in [-0.15, -0.1) is 0 Å². The number of rotatable bonds is 3. The van der Waals surface area contributed by atoms with Crippen molar-refractivity contribution < 1.29 is 0 Å². The van der Waals surface area contributed by atoms with Crippen LogP contribution in [0.2, 0.25) is 0 Å². The lowest BCUT2D eigenvalue weighted by Gasteiger charge is -2.05. The third-order valence-electron chi connectivity index (χ3n) is 2.88. The average molecular weight is 230 g/mol. The molecule has 1 aromatic carbocycles. The van der Waals surface area contributed by atoms with E-state index in [-0.39, 0.29) is 6.04 Å². The first-order chi connectivity index (χ1) is 8.06. The lowest BCUT2D eigenvalue weighted by atomic mass is 10.1. The summed E-state index contributed by atoms with van der Waals surface area (Å²) >= 11 is 0. The molecule has 0 aliphatic rings. The van der Waals surface area contributed by atoms with E-state index >= 15 is 0 Å². The first kappa shape index (κ1) is 11.8. The van der Waals surface area contributed by atoms with Gasteiger partial charge in [0.05, 0.1) is 12.6 Å². The number of hydrogen-bond acceptors (Lipinski definition) is 3. The van der Waals surface area contributed by atoms with Crippen molar-refractivity contribution in [1.82, 2.24) is 14.8 Å². The molecule has 2 N–H and O–H groups in total. The van der Waals surface area contributed by atoms with Crippen LogP contribution in [-0.4, -0.2) is 14.8 Å². The van der Waals surface area contributed by atoms with E-state index in [9.17, 15) is 0 Å². The van der Waals surface area contributed by atoms with Gasteiger partial charge in [0.15, 0.2) is 5.82 Å². The Morgan fingerprint density at radius 2 is 2.06 bits per heavy atom. The van der Waals surface area contributed by atoms with Gasteiger partial charge in [-0.3, -0.25) is 0 Å². The Balaban J connectivity index is 2.16. The van der Waals surface area contributed by atoms with E-state index in [1.807, 2.05) is 11.6 Å². The normalized spacial score (nSPS) is 12.7. The highest BCUT2D eigenvalue weighted by Gasteiger charge is 2.06. The minimum atomic E-state index is -0.115. The molecule has 0 fully saturated rings. The summed E-state index contributed by atoms with van der Waals surface area (Å²) in [6.07, 6.45) is 1.73. The highest BCUT2D eigenvalue weighted by Crippen LogP contribution is 2.11. The third kappa shape index (κ3) is 2.71. The molecule has 2 aromatic rings. The minimum Gasteiger partial charge on any atom is -0.321 e. The van der Waals surface area contributed by atoms with Crippen LogP contribution in [0.15, 0.2) is 24.5 Å². The number of aryl methyl sites for hydroxylation is 2. The Kier molecular flexibility index (Phi) is 3.24. The molecule has 4 nitrogen and oxygen atoms in total. The van der Waals surface area contributed by atoms with Crippen LogP contribution >= 0.6 is 0 Å². The van der Waals surface area contributed by atoms with Gasteiger partial charge in [0.25, 0.3) is 0 Å². The van der Waals surface area contributed by atoms with Crippen LogP contribution in [0.25, 0.3) is 0 Å². The molecule has 4 heteroatoms. The fourth-order valence-electron chi connectivity index (χ4n) is 1.68. The molecule has 0 aliphatic carbocycles. The second kappa shape index (κ2) is 4.67. The third-order valence-corrected chi connectivity index (χ3v) is 2.88. The second-order valence-corrected chi connectivity index (χ2v) is 4.51. The highest BCUT2D eigenvalue weighted by molar-refractivity contribution is 5.29. The topological polar surface area (TPSA) is 56.7 Å². The average Bonchev–Trinajstić information content (AvgIpc) is 2.72. The van der Waals surface area contributed by atoms with Crippen LogP contribution in [0.3, 0.4) is 0 Å². The molecule has 0 radical (unpaired) electrons. The molecule has 0 bridgehead atoms. The minimum absolute atomic E-state index is 0.115. The maximum Gasteiger partial charge on any atom is 0.166 e. The lowest BCUT2D eigenvalue weighted by Crippen LogP contribution is -2.08. The van der Waals surface area contributed by atoms with Gasteiger partial charge in [-0.2, -0.15) is 5.10 Å². The summed E-state index contributed by atoms with van der Waals surface area (Å²) in [5, 5.41) is 4.34. The summed E-state index contributed by atoms with van der Waals surface area (Å²) in [6.45, 7) is 6.85. The van der Waals surface area contributed by atoms with Crippen LogP contribution in [-0.2, 0) is 6.54 Å². The lowest BCUT2D eigenvalue weighted by molar-refractivity contribution is 0.649. The standard InChI is InChI=1S/C13H18N4/c1-9-4-5-12(6-10(9)2)7-17-8-15-13(16-17)11(3)14/h4-6,8,11H,7,14H2,1-3H3. The fraction of sp³-hybridized carbons (Fsp3) is 0.385. The van der Waals surface area contributed by atoms with Gasteiger partial charge in [-0.25, -0.2) is 9.67 Å². The molecule has 90 valence electrons. The van der Waals surface area contributed by atoms with Crippen molar-refractivity contribution >= 4 is 0 Å². The van der Waals surface area contributed by atoms with Gasteiger partial charge in [-0.05, 0) is 37.5 Å². The molecule has 0 saturated heterocycles. The number of nitrogens with two attached hydrogens (primary N) is 1. The Morgan fingerprint density at radius 1 is 1.29 bits per heavy atom. The maximum absolute atomic E-state index is 5.73. The summed E-state index contributed by atoms with van der Waals surface area (Å²) in [4.78, 5) is 4.18. The molecule has 0 amide bonds. The Hall–Kier alpha value is -1.68. The van der Waals surface area contributed by atoms with E-state index in [0.717, 1.165) is 6.54 Å². The predicted molar refractivity (Wildman–Crippen MR) is 67.6 cm³/mol. The highest BCUT2D eigenvalue weighted by atomic mass is 15.3. The number of aromatic nitrogens is 3. The van der Waals surface area contributed by atoms with E-state index in [2.05, 4.69) is 42.1 Å². The number of benzene rings is 1. The summed E-state index contributed by atoms with van der Waals surface area (Å²) in [5.74, 6) is 0.689. The first-order valence-electron chi connectivity index (χ1n) is 5.77. The van der Waals surface area contributed by atoms with Gasteiger partial charge in [-0.1, -0.05) is 18.2 Å². The van der Waals surface area contributed by atoms with Crippen LogP contribution in [0.5, 0.6) is 0 Å². The van der Waals surface area contributed by atoms with E-state index in [0.29, 0.717) is 5.82 Å². The monoisotopic (exact) mass is 230 g/mol. The van der Waals surface area contributed by atoms with Gasteiger partial charge in [0, 0.05) is 0 Å². The molecule has 0 aliphatic heterocycles. The van der Waals surface area contributed by atoms with Gasteiger partial charge < -0.3 is 5.73 Å². The number of nitrogens with zero attached hydrogens (tertiary/aromatic N) is 3. The van der Waals surface area contributed by atoms with E-state index < -0.39 is 0 Å². The van der Waals surface area contributed by atoms with Crippen molar-refractivity contribution in [3.05, 3.63) is 47.0 Å². The van der Waals surface area contributed by atoms with E-state index in [1.165, 1.54) is 16.7 Å². The quantitative estimate of drug-likeness (QED) is 0.877. The Labute approximate surface area is 101 Å². The van der Waals surface area contributed by atoms with Crippen LogP contribution in [0.4, 0.5) is 0 Å². The molecule has 1 aromatic heterocycles. The molecule has 1 unspecified atom stereocenters. The van der Waals surface area contributed by atoms with Gasteiger partial charge in [0.1, 0.15) is 6.33 Å². The summed E-state index contributed by atoms with van der Waals surface area (Å²) in [7, 11) is 0. The fourth-order valence-corrected chi connectivity index (χ4v) is 1.68. The second-order valence-electron chi connectivity index (χ2n) is 4.51. The van der Waals surface area contributed by atoms with Crippen molar-refractivity contribution in [3.8, 4) is 0 Å². The molecule has 2 rings (SSSR count). The van der Waals surface area contributed by atoms with Gasteiger partial charge in [0.2, 0.25) is 0 Å². The molecular weight excluding hydrogens is 212 g/mol. The molecule has 17 heavy (non-hydrogen) atoms. The zero-order chi connectivity index (χ0) is 12.4. The smallest absolute Gasteiger partial charge is 0.166 e. The molecular formula is C13H18N4. The van der Waals surface area contributed by atoms with E-state index in [4.69, 9.17) is 5.73 Å². The van der Waals surface area contributed by atoms with Crippen molar-refractivity contribution in [2.45, 2.75) is 33.4 Å². The zero-order valence-electron chi connectivity index (χ0n) is 10.5. The first-order valence-corrected chi connectivity index (χ1v) is 5.77. The van der Waals surface area contributed by atoms with Crippen molar-refractivity contribution in [2.24, 2.45) is 5.73 Å². The maximum atomic E-state index is 5.73. The SMILES string of the molecule is Cc1ccc(Cn2cnc(C(C)N)n2)cc1C. The van der Waals surface area contributed by atoms with Crippen LogP contribution in [0, 0.1) is 13.8 Å².